The largest absolute Gasteiger partial charge is 0.240 e. The van der Waals surface area contributed by atoms with Gasteiger partial charge in [-0.2, -0.15) is 9.98 Å². The van der Waals surface area contributed by atoms with Crippen LogP contribution in [0.15, 0.2) is 38.2 Å². The molecule has 31 heavy (non-hydrogen) atoms. The van der Waals surface area contributed by atoms with E-state index < -0.39 is 0 Å². The number of isocyanates is 4. The molecule has 0 spiro atoms. The van der Waals surface area contributed by atoms with Crippen LogP contribution in [-0.4, -0.2) is 24.3 Å². The third-order valence-electron chi connectivity index (χ3n) is 5.15. The Bertz CT molecular complexity index is 1040. The lowest BCUT2D eigenvalue weighted by molar-refractivity contribution is 0.562. The Morgan fingerprint density at radius 3 is 1.23 bits per heavy atom. The molecule has 2 rings (SSSR count). The second kappa shape index (κ2) is 12.5. The first-order valence-electron chi connectivity index (χ1n) is 9.24. The minimum Gasteiger partial charge on any atom is -0.211 e. The van der Waals surface area contributed by atoms with E-state index in [1.54, 1.807) is 37.3 Å². The molecule has 158 valence electrons. The van der Waals surface area contributed by atoms with Gasteiger partial charge < -0.3 is 0 Å². The summed E-state index contributed by atoms with van der Waals surface area (Å²) >= 11 is 0. The van der Waals surface area contributed by atoms with E-state index in [1.165, 1.54) is 12.2 Å². The Hall–Kier alpha value is -4.04. The monoisotopic (exact) mass is 418 g/mol. The summed E-state index contributed by atoms with van der Waals surface area (Å²) in [5, 5.41) is 0. The standard InChI is InChI=1S/C14H16N2O2.C9H6N2O2/c1-9-10(2)14(6-16-8-18)12(4)11(3)13(9)5-15-7-17;1-7-8(10-5-12)3-2-4-9(7)11-6-13/h5-6H2,1-4H3;2-4H,1H3. The predicted molar refractivity (Wildman–Crippen MR) is 116 cm³/mol. The van der Waals surface area contributed by atoms with Crippen LogP contribution in [0.5, 0.6) is 0 Å². The van der Waals surface area contributed by atoms with Gasteiger partial charge in [0.15, 0.2) is 0 Å². The van der Waals surface area contributed by atoms with Gasteiger partial charge in [0.1, 0.15) is 0 Å². The first-order valence-corrected chi connectivity index (χ1v) is 9.24. The quantitative estimate of drug-likeness (QED) is 0.506. The van der Waals surface area contributed by atoms with Crippen molar-refractivity contribution in [3.05, 3.63) is 57.1 Å². The molecule has 0 saturated heterocycles. The number of aliphatic imine (C=N–C) groups is 4. The summed E-state index contributed by atoms with van der Waals surface area (Å²) < 4.78 is 0. The average Bonchev–Trinajstić information content (AvgIpc) is 2.76. The van der Waals surface area contributed by atoms with E-state index in [9.17, 15) is 19.2 Å². The molecule has 0 heterocycles. The van der Waals surface area contributed by atoms with Crippen molar-refractivity contribution in [1.29, 1.82) is 0 Å². The van der Waals surface area contributed by atoms with E-state index in [2.05, 4.69) is 20.0 Å². The van der Waals surface area contributed by atoms with Crippen molar-refractivity contribution in [1.82, 2.24) is 0 Å². The lowest BCUT2D eigenvalue weighted by Crippen LogP contribution is -2.04. The zero-order valence-electron chi connectivity index (χ0n) is 18.1. The zero-order valence-corrected chi connectivity index (χ0v) is 18.1. The van der Waals surface area contributed by atoms with Crippen LogP contribution < -0.4 is 0 Å². The molecule has 0 aliphatic rings. The van der Waals surface area contributed by atoms with E-state index in [4.69, 9.17) is 0 Å². The van der Waals surface area contributed by atoms with Gasteiger partial charge in [-0.3, -0.25) is 0 Å². The molecule has 2 aromatic rings. The Balaban J connectivity index is 0.000000327. The highest BCUT2D eigenvalue weighted by atomic mass is 16.1. The summed E-state index contributed by atoms with van der Waals surface area (Å²) in [7, 11) is 0. The Morgan fingerprint density at radius 1 is 0.581 bits per heavy atom. The molecule has 8 nitrogen and oxygen atoms in total. The van der Waals surface area contributed by atoms with Gasteiger partial charge in [-0.25, -0.2) is 29.2 Å². The van der Waals surface area contributed by atoms with Crippen molar-refractivity contribution in [2.24, 2.45) is 20.0 Å². The van der Waals surface area contributed by atoms with Gasteiger partial charge in [-0.05, 0) is 80.1 Å². The summed E-state index contributed by atoms with van der Waals surface area (Å²) in [6.45, 7) is 10.4. The van der Waals surface area contributed by atoms with Crippen molar-refractivity contribution in [2.75, 3.05) is 0 Å². The van der Waals surface area contributed by atoms with E-state index >= 15 is 0 Å². The van der Waals surface area contributed by atoms with Crippen molar-refractivity contribution in [3.63, 3.8) is 0 Å². The Kier molecular flexibility index (Phi) is 10.1. The fourth-order valence-electron chi connectivity index (χ4n) is 3.12. The van der Waals surface area contributed by atoms with E-state index in [0.717, 1.165) is 33.4 Å². The van der Waals surface area contributed by atoms with Crippen LogP contribution in [-0.2, 0) is 32.3 Å². The molecular weight excluding hydrogens is 396 g/mol. The second-order valence-corrected chi connectivity index (χ2v) is 6.60. The molecule has 0 bridgehead atoms. The molecule has 0 unspecified atom stereocenters. The molecule has 0 saturated carbocycles. The van der Waals surface area contributed by atoms with Crippen molar-refractivity contribution in [3.8, 4) is 0 Å². The molecule has 0 N–H and O–H groups in total. The fraction of sp³-hybridized carbons (Fsp3) is 0.304. The summed E-state index contributed by atoms with van der Waals surface area (Å²) in [6, 6.07) is 4.94. The van der Waals surface area contributed by atoms with Gasteiger partial charge in [0.05, 0.1) is 24.5 Å². The highest BCUT2D eigenvalue weighted by Crippen LogP contribution is 2.28. The maximum absolute atomic E-state index is 10.2. The second-order valence-electron chi connectivity index (χ2n) is 6.60. The SMILES string of the molecule is Cc1c(C)c(CN=C=O)c(C)c(C)c1CN=C=O.Cc1c(N=C=O)cccc1N=C=O. The van der Waals surface area contributed by atoms with Gasteiger partial charge in [0, 0.05) is 5.56 Å². The van der Waals surface area contributed by atoms with E-state index in [0.29, 0.717) is 30.0 Å². The molecule has 0 aliphatic carbocycles. The zero-order chi connectivity index (χ0) is 23.4. The molecule has 2 aromatic carbocycles. The minimum atomic E-state index is 0.347. The van der Waals surface area contributed by atoms with Crippen LogP contribution in [0.1, 0.15) is 38.9 Å². The molecule has 8 heteroatoms. The smallest absolute Gasteiger partial charge is 0.211 e. The van der Waals surface area contributed by atoms with Crippen LogP contribution in [0.2, 0.25) is 0 Å². The summed E-state index contributed by atoms with van der Waals surface area (Å²) in [6.07, 6.45) is 5.99. The lowest BCUT2D eigenvalue weighted by Gasteiger charge is -2.18. The third-order valence-corrected chi connectivity index (χ3v) is 5.15. The summed E-state index contributed by atoms with van der Waals surface area (Å²) in [5.41, 5.74) is 8.05. The highest BCUT2D eigenvalue weighted by Gasteiger charge is 2.14. The molecule has 0 aromatic heterocycles. The normalized spacial score (nSPS) is 9.06. The number of hydrogen-bond donors (Lipinski definition) is 0. The van der Waals surface area contributed by atoms with Crippen LogP contribution in [0.4, 0.5) is 11.4 Å². The number of nitrogens with zero attached hydrogens (tertiary/aromatic N) is 4. The topological polar surface area (TPSA) is 118 Å². The summed E-state index contributed by atoms with van der Waals surface area (Å²) in [5.74, 6) is 0. The van der Waals surface area contributed by atoms with Gasteiger partial charge >= 0.3 is 0 Å². The Labute approximate surface area is 180 Å². The van der Waals surface area contributed by atoms with Gasteiger partial charge in [0.2, 0.25) is 24.3 Å². The summed E-state index contributed by atoms with van der Waals surface area (Å²) in [4.78, 5) is 54.7. The van der Waals surface area contributed by atoms with Crippen molar-refractivity contribution < 1.29 is 19.2 Å². The molecule has 0 atom stereocenters. The molecular formula is C23H22N4O4. The number of carbonyl (C=O) groups excluding carboxylic acids is 4. The van der Waals surface area contributed by atoms with Crippen LogP contribution in [0.25, 0.3) is 0 Å². The predicted octanol–water partition coefficient (Wildman–Crippen LogP) is 4.52. The maximum Gasteiger partial charge on any atom is 0.240 e. The Morgan fingerprint density at radius 2 is 0.935 bits per heavy atom. The first-order chi connectivity index (χ1) is 14.8. The van der Waals surface area contributed by atoms with Crippen LogP contribution in [0.3, 0.4) is 0 Å². The van der Waals surface area contributed by atoms with Crippen LogP contribution >= 0.6 is 0 Å². The van der Waals surface area contributed by atoms with E-state index in [-0.39, 0.29) is 0 Å². The molecule has 0 aliphatic heterocycles. The van der Waals surface area contributed by atoms with Gasteiger partial charge in [0.25, 0.3) is 0 Å². The number of rotatable bonds is 6. The van der Waals surface area contributed by atoms with E-state index in [1.807, 2.05) is 27.7 Å². The van der Waals surface area contributed by atoms with Crippen molar-refractivity contribution in [2.45, 2.75) is 47.7 Å². The highest BCUT2D eigenvalue weighted by molar-refractivity contribution is 5.64. The number of benzene rings is 2. The van der Waals surface area contributed by atoms with Crippen molar-refractivity contribution >= 4 is 35.7 Å². The van der Waals surface area contributed by atoms with Gasteiger partial charge in [-0.1, -0.05) is 6.07 Å². The third kappa shape index (κ3) is 6.48. The number of hydrogen-bond acceptors (Lipinski definition) is 8. The minimum absolute atomic E-state index is 0.347. The molecule has 0 amide bonds. The molecule has 0 radical (unpaired) electrons. The first kappa shape index (κ1) is 25.0. The van der Waals surface area contributed by atoms with Gasteiger partial charge in [-0.15, -0.1) is 0 Å². The fourth-order valence-corrected chi connectivity index (χ4v) is 3.12. The maximum atomic E-state index is 10.2. The average molecular weight is 418 g/mol. The molecule has 0 fully saturated rings. The van der Waals surface area contributed by atoms with Crippen LogP contribution in [0, 0.1) is 34.6 Å². The lowest BCUT2D eigenvalue weighted by atomic mass is 9.89.